The number of hydrogen-bond acceptors (Lipinski definition) is 1. The number of aryl methyl sites for hydroxylation is 1. The largest absolute Gasteiger partial charge is 0.337 e. The second kappa shape index (κ2) is 6.42. The Hall–Kier alpha value is -1.32. The first-order valence-electron chi connectivity index (χ1n) is 6.24. The van der Waals surface area contributed by atoms with E-state index in [1.165, 1.54) is 5.56 Å². The summed E-state index contributed by atoms with van der Waals surface area (Å²) in [5.74, 6) is -0.0837. The van der Waals surface area contributed by atoms with Crippen LogP contribution < -0.4 is 0 Å². The molecule has 0 heterocycles. The van der Waals surface area contributed by atoms with Crippen LogP contribution in [-0.2, 0) is 6.54 Å². The van der Waals surface area contributed by atoms with Crippen LogP contribution in [0.1, 0.15) is 21.5 Å². The number of benzene rings is 2. The monoisotopic (exact) mass is 351 g/mol. The van der Waals surface area contributed by atoms with Gasteiger partial charge in [0.25, 0.3) is 5.91 Å². The molecule has 104 valence electrons. The quantitative estimate of drug-likeness (QED) is 0.785. The highest BCUT2D eigenvalue weighted by molar-refractivity contribution is 9.10. The van der Waals surface area contributed by atoms with Crippen molar-refractivity contribution in [3.63, 3.8) is 0 Å². The van der Waals surface area contributed by atoms with Crippen LogP contribution in [0.3, 0.4) is 0 Å². The van der Waals surface area contributed by atoms with Gasteiger partial charge in [0.05, 0.1) is 10.6 Å². The van der Waals surface area contributed by atoms with E-state index in [9.17, 15) is 4.79 Å². The number of carbonyl (C=O) groups is 1. The minimum absolute atomic E-state index is 0.0837. The van der Waals surface area contributed by atoms with Crippen LogP contribution in [0.25, 0.3) is 0 Å². The van der Waals surface area contributed by atoms with Crippen molar-refractivity contribution >= 4 is 33.4 Å². The van der Waals surface area contributed by atoms with Crippen molar-refractivity contribution < 1.29 is 4.79 Å². The molecule has 20 heavy (non-hydrogen) atoms. The number of nitrogens with zero attached hydrogens (tertiary/aromatic N) is 1. The van der Waals surface area contributed by atoms with Crippen LogP contribution in [0.4, 0.5) is 0 Å². The third-order valence-electron chi connectivity index (χ3n) is 3.17. The van der Waals surface area contributed by atoms with Crippen LogP contribution in [0, 0.1) is 6.92 Å². The van der Waals surface area contributed by atoms with Gasteiger partial charge < -0.3 is 4.90 Å². The zero-order valence-electron chi connectivity index (χ0n) is 11.4. The third kappa shape index (κ3) is 3.41. The number of rotatable bonds is 3. The second-order valence-electron chi connectivity index (χ2n) is 4.71. The van der Waals surface area contributed by atoms with Crippen LogP contribution in [0.2, 0.25) is 5.02 Å². The molecule has 0 spiro atoms. The first-order valence-corrected chi connectivity index (χ1v) is 7.41. The van der Waals surface area contributed by atoms with Gasteiger partial charge >= 0.3 is 0 Å². The summed E-state index contributed by atoms with van der Waals surface area (Å²) in [4.78, 5) is 14.1. The SMILES string of the molecule is Cc1ccccc1CN(C)C(=O)c1cc(Br)ccc1Cl. The molecule has 2 aromatic rings. The summed E-state index contributed by atoms with van der Waals surface area (Å²) in [6, 6.07) is 13.3. The molecule has 0 aliphatic carbocycles. The van der Waals surface area contributed by atoms with Gasteiger partial charge in [0.15, 0.2) is 0 Å². The van der Waals surface area contributed by atoms with Crippen LogP contribution in [0.15, 0.2) is 46.9 Å². The fourth-order valence-corrected chi connectivity index (χ4v) is 2.54. The molecule has 0 saturated carbocycles. The van der Waals surface area contributed by atoms with E-state index < -0.39 is 0 Å². The molecule has 2 rings (SSSR count). The highest BCUT2D eigenvalue weighted by atomic mass is 79.9. The molecule has 0 radical (unpaired) electrons. The predicted molar refractivity (Wildman–Crippen MR) is 86.1 cm³/mol. The lowest BCUT2D eigenvalue weighted by atomic mass is 10.1. The van der Waals surface area contributed by atoms with E-state index in [-0.39, 0.29) is 5.91 Å². The minimum atomic E-state index is -0.0837. The summed E-state index contributed by atoms with van der Waals surface area (Å²) in [7, 11) is 1.78. The number of hydrogen-bond donors (Lipinski definition) is 0. The average molecular weight is 353 g/mol. The van der Waals surface area contributed by atoms with Gasteiger partial charge in [-0.15, -0.1) is 0 Å². The maximum atomic E-state index is 12.5. The number of amides is 1. The number of halogens is 2. The zero-order valence-corrected chi connectivity index (χ0v) is 13.7. The van der Waals surface area contributed by atoms with E-state index in [1.54, 1.807) is 24.1 Å². The highest BCUT2D eigenvalue weighted by Gasteiger charge is 2.16. The van der Waals surface area contributed by atoms with E-state index in [2.05, 4.69) is 15.9 Å². The number of carbonyl (C=O) groups excluding carboxylic acids is 1. The molecule has 0 fully saturated rings. The van der Waals surface area contributed by atoms with Crippen molar-refractivity contribution in [2.45, 2.75) is 13.5 Å². The van der Waals surface area contributed by atoms with Gasteiger partial charge in [-0.3, -0.25) is 4.79 Å². The molecule has 0 atom stereocenters. The lowest BCUT2D eigenvalue weighted by Crippen LogP contribution is -2.26. The van der Waals surface area contributed by atoms with Crippen molar-refractivity contribution in [1.29, 1.82) is 0 Å². The molecule has 2 nitrogen and oxygen atoms in total. The Morgan fingerprint density at radius 1 is 1.25 bits per heavy atom. The first kappa shape index (κ1) is 15.1. The Morgan fingerprint density at radius 3 is 2.65 bits per heavy atom. The lowest BCUT2D eigenvalue weighted by Gasteiger charge is -2.19. The molecule has 0 saturated heterocycles. The van der Waals surface area contributed by atoms with Gasteiger partial charge in [-0.2, -0.15) is 0 Å². The zero-order chi connectivity index (χ0) is 14.7. The van der Waals surface area contributed by atoms with E-state index in [1.807, 2.05) is 37.3 Å². The molecular weight excluding hydrogens is 338 g/mol. The van der Waals surface area contributed by atoms with E-state index in [4.69, 9.17) is 11.6 Å². The molecule has 0 aromatic heterocycles. The third-order valence-corrected chi connectivity index (χ3v) is 4.00. The van der Waals surface area contributed by atoms with Gasteiger partial charge in [0.1, 0.15) is 0 Å². The van der Waals surface area contributed by atoms with Crippen LogP contribution >= 0.6 is 27.5 Å². The van der Waals surface area contributed by atoms with Gasteiger partial charge in [-0.05, 0) is 36.2 Å². The summed E-state index contributed by atoms with van der Waals surface area (Å²) >= 11 is 9.46. The Bertz CT molecular complexity index is 642. The Balaban J connectivity index is 2.21. The van der Waals surface area contributed by atoms with Crippen molar-refractivity contribution in [2.75, 3.05) is 7.05 Å². The van der Waals surface area contributed by atoms with E-state index in [0.717, 1.165) is 10.0 Å². The predicted octanol–water partition coefficient (Wildman–Crippen LogP) is 4.68. The molecule has 0 aliphatic heterocycles. The molecule has 4 heteroatoms. The summed E-state index contributed by atoms with van der Waals surface area (Å²) < 4.78 is 0.842. The van der Waals surface area contributed by atoms with Crippen molar-refractivity contribution in [1.82, 2.24) is 4.90 Å². The van der Waals surface area contributed by atoms with Gasteiger partial charge in [-0.1, -0.05) is 51.8 Å². The smallest absolute Gasteiger partial charge is 0.255 e. The Kier molecular flexibility index (Phi) is 4.84. The summed E-state index contributed by atoms with van der Waals surface area (Å²) in [5.41, 5.74) is 2.82. The standard InChI is InChI=1S/C16H15BrClNO/c1-11-5-3-4-6-12(11)10-19(2)16(20)14-9-13(17)7-8-15(14)18/h3-9H,10H2,1-2H3. The molecule has 2 aromatic carbocycles. The molecule has 1 amide bonds. The van der Waals surface area contributed by atoms with Crippen molar-refractivity contribution in [2.24, 2.45) is 0 Å². The van der Waals surface area contributed by atoms with Crippen molar-refractivity contribution in [3.8, 4) is 0 Å². The van der Waals surface area contributed by atoms with Gasteiger partial charge in [0.2, 0.25) is 0 Å². The molecular formula is C16H15BrClNO. The normalized spacial score (nSPS) is 10.4. The van der Waals surface area contributed by atoms with Crippen molar-refractivity contribution in [3.05, 3.63) is 68.7 Å². The fourth-order valence-electron chi connectivity index (χ4n) is 1.98. The summed E-state index contributed by atoms with van der Waals surface area (Å²) in [6.07, 6.45) is 0. The Labute approximate surface area is 132 Å². The fraction of sp³-hybridized carbons (Fsp3) is 0.188. The molecule has 0 aliphatic rings. The van der Waals surface area contributed by atoms with E-state index >= 15 is 0 Å². The van der Waals surface area contributed by atoms with Gasteiger partial charge in [-0.25, -0.2) is 0 Å². The minimum Gasteiger partial charge on any atom is -0.337 e. The molecule has 0 N–H and O–H groups in total. The second-order valence-corrected chi connectivity index (χ2v) is 6.03. The highest BCUT2D eigenvalue weighted by Crippen LogP contribution is 2.23. The topological polar surface area (TPSA) is 20.3 Å². The first-order chi connectivity index (χ1) is 9.49. The molecule has 0 unspecified atom stereocenters. The average Bonchev–Trinajstić information content (AvgIpc) is 2.43. The molecule has 0 bridgehead atoms. The van der Waals surface area contributed by atoms with Crippen LogP contribution in [-0.4, -0.2) is 17.9 Å². The van der Waals surface area contributed by atoms with E-state index in [0.29, 0.717) is 17.1 Å². The maximum Gasteiger partial charge on any atom is 0.255 e. The maximum absolute atomic E-state index is 12.5. The lowest BCUT2D eigenvalue weighted by molar-refractivity contribution is 0.0785. The summed E-state index contributed by atoms with van der Waals surface area (Å²) in [5, 5.41) is 0.467. The van der Waals surface area contributed by atoms with Gasteiger partial charge in [0, 0.05) is 18.1 Å². The summed E-state index contributed by atoms with van der Waals surface area (Å²) in [6.45, 7) is 2.61. The Morgan fingerprint density at radius 2 is 1.95 bits per heavy atom. The van der Waals surface area contributed by atoms with Crippen LogP contribution in [0.5, 0.6) is 0 Å².